The van der Waals surface area contributed by atoms with Crippen LogP contribution in [0.3, 0.4) is 0 Å². The number of esters is 1. The number of benzene rings is 2. The average Bonchev–Trinajstić information content (AvgIpc) is 3.55. The smallest absolute Gasteiger partial charge is 0.350 e. The van der Waals surface area contributed by atoms with E-state index >= 15 is 0 Å². The second-order valence-electron chi connectivity index (χ2n) is 7.97. The van der Waals surface area contributed by atoms with Crippen LogP contribution in [0.15, 0.2) is 59.5 Å². The molecule has 0 spiro atoms. The minimum atomic E-state index is -3.61. The molecule has 12 heteroatoms. The SMILES string of the molecule is CCOC(=O)c1sc(-c2cccc([N+](=O)[O-])c2)cc1NC(=O)c1ccc(S(=O)(=O)N2CCCC2)cc1. The van der Waals surface area contributed by atoms with Crippen LogP contribution in [0.4, 0.5) is 11.4 Å². The molecule has 188 valence electrons. The summed E-state index contributed by atoms with van der Waals surface area (Å²) < 4.78 is 32.0. The Balaban J connectivity index is 1.60. The first-order valence-electron chi connectivity index (χ1n) is 11.2. The zero-order valence-electron chi connectivity index (χ0n) is 19.3. The van der Waals surface area contributed by atoms with E-state index < -0.39 is 26.8 Å². The van der Waals surface area contributed by atoms with Crippen molar-refractivity contribution < 1.29 is 27.7 Å². The zero-order chi connectivity index (χ0) is 25.9. The number of hydrogen-bond donors (Lipinski definition) is 1. The number of thiophene rings is 1. The lowest BCUT2D eigenvalue weighted by Crippen LogP contribution is -2.27. The van der Waals surface area contributed by atoms with E-state index in [9.17, 15) is 28.1 Å². The van der Waals surface area contributed by atoms with E-state index in [4.69, 9.17) is 4.74 Å². The Morgan fingerprint density at radius 2 is 1.81 bits per heavy atom. The Morgan fingerprint density at radius 1 is 1.11 bits per heavy atom. The molecule has 1 aliphatic heterocycles. The number of non-ortho nitro benzene ring substituents is 1. The van der Waals surface area contributed by atoms with Crippen LogP contribution in [0.2, 0.25) is 0 Å². The molecule has 2 aromatic carbocycles. The maximum absolute atomic E-state index is 12.9. The molecule has 2 heterocycles. The fraction of sp³-hybridized carbons (Fsp3) is 0.250. The second-order valence-corrected chi connectivity index (χ2v) is 11.0. The Hall–Kier alpha value is -3.61. The molecule has 0 aliphatic carbocycles. The lowest BCUT2D eigenvalue weighted by molar-refractivity contribution is -0.384. The summed E-state index contributed by atoms with van der Waals surface area (Å²) in [7, 11) is -3.61. The van der Waals surface area contributed by atoms with Crippen LogP contribution < -0.4 is 5.32 Å². The lowest BCUT2D eigenvalue weighted by atomic mass is 10.1. The first-order valence-corrected chi connectivity index (χ1v) is 13.4. The standard InChI is InChI=1S/C24H23N3O7S2/c1-2-34-24(29)22-20(15-21(35-22)17-6-5-7-18(14-17)27(30)31)25-23(28)16-8-10-19(11-9-16)36(32,33)26-12-3-4-13-26/h5-11,14-15H,2-4,12-13H2,1H3,(H,25,28). The van der Waals surface area contributed by atoms with Crippen LogP contribution in [0, 0.1) is 10.1 Å². The number of nitrogens with one attached hydrogen (secondary N) is 1. The van der Waals surface area contributed by atoms with Crippen LogP contribution in [-0.4, -0.2) is 49.2 Å². The fourth-order valence-electron chi connectivity index (χ4n) is 3.80. The third-order valence-corrected chi connectivity index (χ3v) is 8.68. The van der Waals surface area contributed by atoms with Crippen molar-refractivity contribution in [3.8, 4) is 10.4 Å². The molecule has 1 N–H and O–H groups in total. The van der Waals surface area contributed by atoms with Gasteiger partial charge < -0.3 is 10.1 Å². The number of sulfonamides is 1. The molecule has 0 saturated carbocycles. The molecule has 1 saturated heterocycles. The highest BCUT2D eigenvalue weighted by Gasteiger charge is 2.27. The third-order valence-electron chi connectivity index (χ3n) is 5.60. The summed E-state index contributed by atoms with van der Waals surface area (Å²) in [4.78, 5) is 36.9. The molecule has 0 atom stereocenters. The molecule has 3 aromatic rings. The number of anilines is 1. The number of nitrogens with zero attached hydrogens (tertiary/aromatic N) is 2. The number of nitro groups is 1. The van der Waals surface area contributed by atoms with Crippen molar-refractivity contribution in [1.82, 2.24) is 4.31 Å². The maximum Gasteiger partial charge on any atom is 0.350 e. The van der Waals surface area contributed by atoms with Gasteiger partial charge in [-0.3, -0.25) is 14.9 Å². The average molecular weight is 530 g/mol. The Labute approximate surface area is 211 Å². The van der Waals surface area contributed by atoms with Crippen molar-refractivity contribution in [3.63, 3.8) is 0 Å². The summed E-state index contributed by atoms with van der Waals surface area (Å²) in [5.41, 5.74) is 0.803. The van der Waals surface area contributed by atoms with E-state index in [1.54, 1.807) is 19.1 Å². The lowest BCUT2D eigenvalue weighted by Gasteiger charge is -2.15. The number of amides is 1. The number of carbonyl (C=O) groups excluding carboxylic acids is 2. The predicted molar refractivity (Wildman–Crippen MR) is 135 cm³/mol. The quantitative estimate of drug-likeness (QED) is 0.257. The molecule has 10 nitrogen and oxygen atoms in total. The van der Waals surface area contributed by atoms with Crippen molar-refractivity contribution in [1.29, 1.82) is 0 Å². The molecule has 36 heavy (non-hydrogen) atoms. The first kappa shape index (κ1) is 25.5. The summed E-state index contributed by atoms with van der Waals surface area (Å²) >= 11 is 1.04. The van der Waals surface area contributed by atoms with Crippen LogP contribution in [0.1, 0.15) is 39.8 Å². The normalized spacial score (nSPS) is 13.9. The minimum absolute atomic E-state index is 0.104. The molecule has 1 aromatic heterocycles. The highest BCUT2D eigenvalue weighted by molar-refractivity contribution is 7.89. The predicted octanol–water partition coefficient (Wildman–Crippen LogP) is 4.54. The summed E-state index contributed by atoms with van der Waals surface area (Å²) in [6, 6.07) is 13.1. The van der Waals surface area contributed by atoms with Gasteiger partial charge in [-0.1, -0.05) is 12.1 Å². The Kier molecular flexibility index (Phi) is 7.48. The van der Waals surface area contributed by atoms with E-state index in [-0.39, 0.29) is 33.3 Å². The van der Waals surface area contributed by atoms with Crippen molar-refractivity contribution in [3.05, 3.63) is 75.2 Å². The maximum atomic E-state index is 12.9. The molecule has 4 rings (SSSR count). The molecule has 1 aliphatic rings. The molecule has 0 radical (unpaired) electrons. The minimum Gasteiger partial charge on any atom is -0.462 e. The molecule has 1 fully saturated rings. The van der Waals surface area contributed by atoms with Gasteiger partial charge in [0.1, 0.15) is 4.88 Å². The highest BCUT2D eigenvalue weighted by atomic mass is 32.2. The van der Waals surface area contributed by atoms with Crippen molar-refractivity contribution in [2.75, 3.05) is 25.0 Å². The van der Waals surface area contributed by atoms with Crippen molar-refractivity contribution in [2.45, 2.75) is 24.7 Å². The van der Waals surface area contributed by atoms with Gasteiger partial charge in [0, 0.05) is 35.7 Å². The van der Waals surface area contributed by atoms with Gasteiger partial charge in [0.05, 0.1) is 22.1 Å². The molecular formula is C24H23N3O7S2. The van der Waals surface area contributed by atoms with E-state index in [0.29, 0.717) is 23.5 Å². The van der Waals surface area contributed by atoms with Gasteiger partial charge in [0.25, 0.3) is 11.6 Å². The number of hydrogen-bond acceptors (Lipinski definition) is 8. The van der Waals surface area contributed by atoms with Crippen LogP contribution in [0.5, 0.6) is 0 Å². The number of carbonyl (C=O) groups is 2. The van der Waals surface area contributed by atoms with Gasteiger partial charge in [-0.2, -0.15) is 4.31 Å². The number of ether oxygens (including phenoxy) is 1. The first-order chi connectivity index (χ1) is 17.2. The van der Waals surface area contributed by atoms with Crippen LogP contribution in [-0.2, 0) is 14.8 Å². The van der Waals surface area contributed by atoms with E-state index in [0.717, 1.165) is 24.2 Å². The fourth-order valence-corrected chi connectivity index (χ4v) is 6.32. The van der Waals surface area contributed by atoms with E-state index in [2.05, 4.69) is 5.32 Å². The van der Waals surface area contributed by atoms with Gasteiger partial charge in [-0.05, 0) is 55.7 Å². The van der Waals surface area contributed by atoms with Crippen LogP contribution >= 0.6 is 11.3 Å². The largest absolute Gasteiger partial charge is 0.462 e. The second kappa shape index (κ2) is 10.6. The highest BCUT2D eigenvalue weighted by Crippen LogP contribution is 2.37. The van der Waals surface area contributed by atoms with Crippen molar-refractivity contribution in [2.24, 2.45) is 0 Å². The van der Waals surface area contributed by atoms with E-state index in [1.165, 1.54) is 46.8 Å². The van der Waals surface area contributed by atoms with E-state index in [1.807, 2.05) is 0 Å². The van der Waals surface area contributed by atoms with Gasteiger partial charge in [0.15, 0.2) is 0 Å². The summed E-state index contributed by atoms with van der Waals surface area (Å²) in [5, 5.41) is 13.8. The number of nitro benzene ring substituents is 1. The van der Waals surface area contributed by atoms with Gasteiger partial charge in [-0.25, -0.2) is 13.2 Å². The van der Waals surface area contributed by atoms with Crippen LogP contribution in [0.25, 0.3) is 10.4 Å². The third kappa shape index (κ3) is 5.30. The monoisotopic (exact) mass is 529 g/mol. The Bertz CT molecular complexity index is 1410. The van der Waals surface area contributed by atoms with Gasteiger partial charge >= 0.3 is 5.97 Å². The molecule has 0 unspecified atom stereocenters. The Morgan fingerprint density at radius 3 is 2.44 bits per heavy atom. The molecule has 0 bridgehead atoms. The van der Waals surface area contributed by atoms with Gasteiger partial charge in [0.2, 0.25) is 10.0 Å². The zero-order valence-corrected chi connectivity index (χ0v) is 20.9. The summed E-state index contributed by atoms with van der Waals surface area (Å²) in [6.45, 7) is 2.74. The summed E-state index contributed by atoms with van der Waals surface area (Å²) in [6.07, 6.45) is 1.64. The molecule has 1 amide bonds. The topological polar surface area (TPSA) is 136 Å². The van der Waals surface area contributed by atoms with Crippen molar-refractivity contribution >= 4 is 44.6 Å². The van der Waals surface area contributed by atoms with Gasteiger partial charge in [-0.15, -0.1) is 11.3 Å². The number of rotatable bonds is 8. The summed E-state index contributed by atoms with van der Waals surface area (Å²) in [5.74, 6) is -1.18. The molecular weight excluding hydrogens is 506 g/mol.